The van der Waals surface area contributed by atoms with Crippen LogP contribution in [0, 0.1) is 0 Å². The molecule has 0 bridgehead atoms. The molecule has 0 saturated heterocycles. The van der Waals surface area contributed by atoms with Crippen LogP contribution >= 0.6 is 0 Å². The first-order valence-electron chi connectivity index (χ1n) is 7.05. The molecule has 0 aliphatic carbocycles. The van der Waals surface area contributed by atoms with E-state index in [0.717, 1.165) is 5.56 Å². The molecule has 1 aromatic carbocycles. The summed E-state index contributed by atoms with van der Waals surface area (Å²) in [5, 5.41) is 11.6. The summed E-state index contributed by atoms with van der Waals surface area (Å²) in [6.45, 7) is 5.86. The molecule has 0 radical (unpaired) electrons. The highest BCUT2D eigenvalue weighted by atomic mass is 16.3. The molecule has 0 fully saturated rings. The van der Waals surface area contributed by atoms with Gasteiger partial charge in [0.15, 0.2) is 0 Å². The Labute approximate surface area is 124 Å². The number of carbonyl (C=O) groups is 2. The number of amides is 2. The summed E-state index contributed by atoms with van der Waals surface area (Å²) >= 11 is 0. The molecule has 0 aromatic heterocycles. The third-order valence-corrected chi connectivity index (χ3v) is 3.54. The van der Waals surface area contributed by atoms with Crippen molar-refractivity contribution in [2.24, 2.45) is 0 Å². The summed E-state index contributed by atoms with van der Waals surface area (Å²) in [6, 6.07) is 7.18. The van der Waals surface area contributed by atoms with Gasteiger partial charge in [0.2, 0.25) is 5.91 Å². The predicted octanol–water partition coefficient (Wildman–Crippen LogP) is 1.39. The minimum absolute atomic E-state index is 0.0296. The van der Waals surface area contributed by atoms with Crippen LogP contribution in [-0.2, 0) is 4.79 Å². The smallest absolute Gasteiger partial charge is 0.259 e. The van der Waals surface area contributed by atoms with Crippen LogP contribution in [-0.4, -0.2) is 41.0 Å². The van der Waals surface area contributed by atoms with Crippen molar-refractivity contribution < 1.29 is 14.7 Å². The summed E-state index contributed by atoms with van der Waals surface area (Å²) in [6.07, 6.45) is 1.35. The Bertz CT molecular complexity index is 533. The van der Waals surface area contributed by atoms with Gasteiger partial charge in [-0.05, 0) is 25.8 Å². The highest BCUT2D eigenvalue weighted by Gasteiger charge is 2.31. The first-order valence-corrected chi connectivity index (χ1v) is 7.05. The van der Waals surface area contributed by atoms with Gasteiger partial charge in [-0.2, -0.15) is 0 Å². The minimum Gasteiger partial charge on any atom is -0.396 e. The average molecular weight is 288 g/mol. The van der Waals surface area contributed by atoms with Gasteiger partial charge in [0.05, 0.1) is 0 Å². The number of benzene rings is 1. The van der Waals surface area contributed by atoms with Crippen LogP contribution in [0.2, 0.25) is 0 Å². The fourth-order valence-electron chi connectivity index (χ4n) is 2.44. The molecule has 112 valence electrons. The molecule has 5 heteroatoms. The number of hydrogen-bond donors (Lipinski definition) is 2. The van der Waals surface area contributed by atoms with Gasteiger partial charge in [0.25, 0.3) is 5.91 Å². The second-order valence-electron chi connectivity index (χ2n) is 5.22. The van der Waals surface area contributed by atoms with E-state index >= 15 is 0 Å². The second-order valence-corrected chi connectivity index (χ2v) is 5.22. The van der Waals surface area contributed by atoms with E-state index in [1.165, 1.54) is 4.90 Å². The maximum absolute atomic E-state index is 12.3. The zero-order chi connectivity index (χ0) is 15.4. The van der Waals surface area contributed by atoms with Crippen LogP contribution < -0.4 is 5.32 Å². The Morgan fingerprint density at radius 3 is 2.67 bits per heavy atom. The maximum Gasteiger partial charge on any atom is 0.259 e. The fraction of sp³-hybridized carbons (Fsp3) is 0.375. The number of aliphatic hydroxyl groups is 1. The van der Waals surface area contributed by atoms with E-state index in [-0.39, 0.29) is 31.0 Å². The van der Waals surface area contributed by atoms with Crippen LogP contribution in [0.3, 0.4) is 0 Å². The van der Waals surface area contributed by atoms with Crippen molar-refractivity contribution in [1.82, 2.24) is 10.2 Å². The zero-order valence-corrected chi connectivity index (χ0v) is 12.1. The van der Waals surface area contributed by atoms with Gasteiger partial charge in [0, 0.05) is 29.5 Å². The highest BCUT2D eigenvalue weighted by Crippen LogP contribution is 2.30. The van der Waals surface area contributed by atoms with Crippen LogP contribution in [0.25, 0.3) is 5.70 Å². The third-order valence-electron chi connectivity index (χ3n) is 3.54. The van der Waals surface area contributed by atoms with E-state index in [4.69, 9.17) is 5.11 Å². The molecule has 1 atom stereocenters. The first kappa shape index (κ1) is 15.3. The van der Waals surface area contributed by atoms with Crippen molar-refractivity contribution in [2.45, 2.75) is 25.8 Å². The first-order chi connectivity index (χ1) is 10.0. The molecule has 21 heavy (non-hydrogen) atoms. The number of rotatable bonds is 6. The minimum atomic E-state index is -0.220. The van der Waals surface area contributed by atoms with E-state index in [2.05, 4.69) is 11.9 Å². The quantitative estimate of drug-likeness (QED) is 0.831. The summed E-state index contributed by atoms with van der Waals surface area (Å²) < 4.78 is 0. The van der Waals surface area contributed by atoms with E-state index in [9.17, 15) is 9.59 Å². The van der Waals surface area contributed by atoms with Crippen molar-refractivity contribution in [3.63, 3.8) is 0 Å². The molecule has 1 heterocycles. The molecule has 2 amide bonds. The molecule has 1 aliphatic heterocycles. The molecule has 1 aliphatic rings. The van der Waals surface area contributed by atoms with Gasteiger partial charge in [-0.1, -0.05) is 24.8 Å². The summed E-state index contributed by atoms with van der Waals surface area (Å²) in [7, 11) is 0. The Morgan fingerprint density at radius 1 is 1.38 bits per heavy atom. The highest BCUT2D eigenvalue weighted by molar-refractivity contribution is 6.10. The molecule has 0 saturated carbocycles. The van der Waals surface area contributed by atoms with Crippen molar-refractivity contribution in [1.29, 1.82) is 0 Å². The normalized spacial score (nSPS) is 15.0. The number of carbonyl (C=O) groups excluding carboxylic acids is 2. The monoisotopic (exact) mass is 288 g/mol. The lowest BCUT2D eigenvalue weighted by molar-refractivity contribution is -0.121. The molecule has 1 unspecified atom stereocenters. The molecular formula is C16H20N2O3. The van der Waals surface area contributed by atoms with E-state index in [1.807, 2.05) is 19.1 Å². The Balaban J connectivity index is 1.97. The fourth-order valence-corrected chi connectivity index (χ4v) is 2.44. The van der Waals surface area contributed by atoms with Crippen LogP contribution in [0.15, 0.2) is 30.8 Å². The number of nitrogens with zero attached hydrogens (tertiary/aromatic N) is 1. The summed E-state index contributed by atoms with van der Waals surface area (Å²) in [5.41, 5.74) is 1.93. The topological polar surface area (TPSA) is 69.6 Å². The van der Waals surface area contributed by atoms with Gasteiger partial charge in [0.1, 0.15) is 6.54 Å². The SMILES string of the molecule is C=C1c2ccccc2C(=O)N1CC(=O)NC(C)CCCO. The lowest BCUT2D eigenvalue weighted by Crippen LogP contribution is -2.40. The van der Waals surface area contributed by atoms with Gasteiger partial charge >= 0.3 is 0 Å². The van der Waals surface area contributed by atoms with Crippen molar-refractivity contribution in [3.8, 4) is 0 Å². The Hall–Kier alpha value is -2.14. The Kier molecular flexibility index (Phi) is 4.75. The van der Waals surface area contributed by atoms with Gasteiger partial charge in [-0.3, -0.25) is 14.5 Å². The van der Waals surface area contributed by atoms with Crippen LogP contribution in [0.5, 0.6) is 0 Å². The molecule has 2 N–H and O–H groups in total. The Morgan fingerprint density at radius 2 is 2.05 bits per heavy atom. The predicted molar refractivity (Wildman–Crippen MR) is 80.4 cm³/mol. The van der Waals surface area contributed by atoms with Crippen molar-refractivity contribution in [3.05, 3.63) is 42.0 Å². The number of hydrogen-bond acceptors (Lipinski definition) is 3. The molecule has 2 rings (SSSR count). The lowest BCUT2D eigenvalue weighted by Gasteiger charge is -2.19. The third kappa shape index (κ3) is 3.31. The molecular weight excluding hydrogens is 268 g/mol. The molecule has 5 nitrogen and oxygen atoms in total. The van der Waals surface area contributed by atoms with E-state index in [0.29, 0.717) is 24.1 Å². The largest absolute Gasteiger partial charge is 0.396 e. The maximum atomic E-state index is 12.3. The zero-order valence-electron chi connectivity index (χ0n) is 12.1. The number of nitrogens with one attached hydrogen (secondary N) is 1. The standard InChI is InChI=1S/C16H20N2O3/c1-11(6-5-9-19)17-15(20)10-18-12(2)13-7-3-4-8-14(13)16(18)21/h3-4,7-8,11,19H,2,5-6,9-10H2,1H3,(H,17,20). The molecule has 1 aromatic rings. The average Bonchev–Trinajstić information content (AvgIpc) is 2.71. The summed E-state index contributed by atoms with van der Waals surface area (Å²) in [4.78, 5) is 25.7. The second kappa shape index (κ2) is 6.54. The van der Waals surface area contributed by atoms with E-state index < -0.39 is 0 Å². The van der Waals surface area contributed by atoms with Gasteiger partial charge in [-0.15, -0.1) is 0 Å². The van der Waals surface area contributed by atoms with E-state index in [1.54, 1.807) is 12.1 Å². The lowest BCUT2D eigenvalue weighted by atomic mass is 10.1. The van der Waals surface area contributed by atoms with Gasteiger partial charge < -0.3 is 10.4 Å². The van der Waals surface area contributed by atoms with Crippen molar-refractivity contribution in [2.75, 3.05) is 13.2 Å². The van der Waals surface area contributed by atoms with Gasteiger partial charge in [-0.25, -0.2) is 0 Å². The van der Waals surface area contributed by atoms with Crippen molar-refractivity contribution >= 4 is 17.5 Å². The van der Waals surface area contributed by atoms with Crippen LogP contribution in [0.4, 0.5) is 0 Å². The summed E-state index contributed by atoms with van der Waals surface area (Å²) in [5.74, 6) is -0.406. The number of fused-ring (bicyclic) bond motifs is 1. The molecule has 0 spiro atoms. The van der Waals surface area contributed by atoms with Crippen LogP contribution in [0.1, 0.15) is 35.7 Å². The number of aliphatic hydroxyl groups excluding tert-OH is 1.